The van der Waals surface area contributed by atoms with Gasteiger partial charge in [-0.25, -0.2) is 0 Å². The Morgan fingerprint density at radius 1 is 0.812 bits per heavy atom. The number of unbranched alkanes of at least 4 members (excludes halogenated alkanes) is 1. The SMILES string of the molecule is CCCC=C[SiH](N(CC)CC)N(CC)CC. The smallest absolute Gasteiger partial charge is 0.215 e. The van der Waals surface area contributed by atoms with E-state index in [4.69, 9.17) is 0 Å². The van der Waals surface area contributed by atoms with Gasteiger partial charge in [-0.2, -0.15) is 0 Å². The summed E-state index contributed by atoms with van der Waals surface area (Å²) in [6, 6.07) is 0. The van der Waals surface area contributed by atoms with E-state index >= 15 is 0 Å². The van der Waals surface area contributed by atoms with E-state index in [1.807, 2.05) is 0 Å². The average molecular weight is 242 g/mol. The minimum absolute atomic E-state index is 1.01. The predicted octanol–water partition coefficient (Wildman–Crippen LogP) is 2.79. The summed E-state index contributed by atoms with van der Waals surface area (Å²) in [7, 11) is -1.01. The molecule has 0 aliphatic rings. The molecule has 0 saturated heterocycles. The fourth-order valence-electron chi connectivity index (χ4n) is 2.05. The van der Waals surface area contributed by atoms with Crippen LogP contribution in [0.4, 0.5) is 0 Å². The average Bonchev–Trinajstić information content (AvgIpc) is 2.31. The summed E-state index contributed by atoms with van der Waals surface area (Å²) in [5.74, 6) is 0. The van der Waals surface area contributed by atoms with Crippen molar-refractivity contribution in [3.05, 3.63) is 11.8 Å². The van der Waals surface area contributed by atoms with Crippen molar-refractivity contribution in [2.24, 2.45) is 0 Å². The zero-order valence-electron chi connectivity index (χ0n) is 11.9. The summed E-state index contributed by atoms with van der Waals surface area (Å²) in [6.45, 7) is 16.1. The summed E-state index contributed by atoms with van der Waals surface area (Å²) < 4.78 is 5.30. The van der Waals surface area contributed by atoms with Crippen LogP contribution in [-0.2, 0) is 0 Å². The molecule has 0 rings (SSSR count). The van der Waals surface area contributed by atoms with E-state index in [-0.39, 0.29) is 0 Å². The molecule has 0 N–H and O–H groups in total. The first-order chi connectivity index (χ1) is 7.74. The second kappa shape index (κ2) is 10.1. The number of rotatable bonds is 9. The first-order valence-electron chi connectivity index (χ1n) is 6.89. The zero-order chi connectivity index (χ0) is 12.4. The summed E-state index contributed by atoms with van der Waals surface area (Å²) in [4.78, 5) is 0. The van der Waals surface area contributed by atoms with Crippen molar-refractivity contribution in [1.29, 1.82) is 0 Å². The lowest BCUT2D eigenvalue weighted by molar-refractivity contribution is 0.387. The van der Waals surface area contributed by atoms with Gasteiger partial charge in [0.25, 0.3) is 0 Å². The molecule has 0 bridgehead atoms. The second-order valence-electron chi connectivity index (χ2n) is 4.07. The molecule has 0 amide bonds. The van der Waals surface area contributed by atoms with Crippen molar-refractivity contribution in [2.75, 3.05) is 26.2 Å². The molecular weight excluding hydrogens is 212 g/mol. The van der Waals surface area contributed by atoms with Crippen LogP contribution < -0.4 is 0 Å². The van der Waals surface area contributed by atoms with Gasteiger partial charge >= 0.3 is 0 Å². The standard InChI is InChI=1S/C13H30N2Si/c1-6-11-12-13-16(14(7-2)8-3)15(9-4)10-5/h12-13,16H,6-11H2,1-5H3. The molecule has 96 valence electrons. The van der Waals surface area contributed by atoms with E-state index < -0.39 is 9.12 Å². The van der Waals surface area contributed by atoms with Gasteiger partial charge in [-0.3, -0.25) is 0 Å². The fraction of sp³-hybridized carbons (Fsp3) is 0.846. The van der Waals surface area contributed by atoms with Gasteiger partial charge in [0.2, 0.25) is 9.12 Å². The van der Waals surface area contributed by atoms with Crippen LogP contribution in [-0.4, -0.2) is 44.4 Å². The van der Waals surface area contributed by atoms with Crippen LogP contribution in [0.1, 0.15) is 47.5 Å². The summed E-state index contributed by atoms with van der Waals surface area (Å²) in [5.41, 5.74) is 2.52. The Labute approximate surface area is 104 Å². The van der Waals surface area contributed by atoms with Gasteiger partial charge in [0, 0.05) is 0 Å². The van der Waals surface area contributed by atoms with E-state index in [2.05, 4.69) is 55.5 Å². The molecule has 0 atom stereocenters. The molecular formula is C13H30N2Si. The maximum atomic E-state index is 2.65. The molecule has 0 fully saturated rings. The minimum atomic E-state index is -1.01. The molecule has 0 aliphatic carbocycles. The van der Waals surface area contributed by atoms with Crippen LogP contribution in [0.5, 0.6) is 0 Å². The topological polar surface area (TPSA) is 6.48 Å². The van der Waals surface area contributed by atoms with Gasteiger partial charge in [-0.15, -0.1) is 0 Å². The van der Waals surface area contributed by atoms with Crippen LogP contribution in [0, 0.1) is 0 Å². The highest BCUT2D eigenvalue weighted by molar-refractivity contribution is 6.58. The third kappa shape index (κ3) is 5.28. The normalized spacial score (nSPS) is 12.5. The molecule has 0 heterocycles. The Morgan fingerprint density at radius 3 is 1.56 bits per heavy atom. The van der Waals surface area contributed by atoms with E-state index in [1.54, 1.807) is 0 Å². The highest BCUT2D eigenvalue weighted by Crippen LogP contribution is 2.04. The molecule has 3 heteroatoms. The van der Waals surface area contributed by atoms with Crippen molar-refractivity contribution in [2.45, 2.75) is 47.5 Å². The Kier molecular flexibility index (Phi) is 9.98. The number of allylic oxidation sites excluding steroid dienone is 1. The minimum Gasteiger partial charge on any atom is -0.312 e. The lowest BCUT2D eigenvalue weighted by atomic mass is 10.3. The number of hydrogen-bond donors (Lipinski definition) is 0. The van der Waals surface area contributed by atoms with E-state index in [0.29, 0.717) is 0 Å². The first-order valence-corrected chi connectivity index (χ1v) is 8.59. The third-order valence-electron chi connectivity index (χ3n) is 3.14. The van der Waals surface area contributed by atoms with Crippen LogP contribution >= 0.6 is 0 Å². The van der Waals surface area contributed by atoms with Gasteiger partial charge in [0.15, 0.2) is 0 Å². The van der Waals surface area contributed by atoms with Gasteiger partial charge in [-0.1, -0.05) is 52.8 Å². The zero-order valence-corrected chi connectivity index (χ0v) is 13.0. The van der Waals surface area contributed by atoms with Crippen molar-refractivity contribution in [1.82, 2.24) is 9.13 Å². The molecule has 0 aromatic heterocycles. The molecule has 0 saturated carbocycles. The van der Waals surface area contributed by atoms with E-state index in [9.17, 15) is 0 Å². The van der Waals surface area contributed by atoms with Crippen LogP contribution in [0.3, 0.4) is 0 Å². The second-order valence-corrected chi connectivity index (χ2v) is 6.75. The fourth-order valence-corrected chi connectivity index (χ4v) is 4.94. The molecule has 0 radical (unpaired) electrons. The lowest BCUT2D eigenvalue weighted by Crippen LogP contribution is -2.51. The number of nitrogens with zero attached hydrogens (tertiary/aromatic N) is 2. The van der Waals surface area contributed by atoms with Gasteiger partial charge in [0.1, 0.15) is 0 Å². The number of hydrogen-bond acceptors (Lipinski definition) is 2. The van der Waals surface area contributed by atoms with Crippen molar-refractivity contribution in [3.8, 4) is 0 Å². The van der Waals surface area contributed by atoms with Gasteiger partial charge < -0.3 is 9.13 Å². The monoisotopic (exact) mass is 242 g/mol. The van der Waals surface area contributed by atoms with Gasteiger partial charge in [0.05, 0.1) is 0 Å². The highest BCUT2D eigenvalue weighted by atomic mass is 28.3. The quantitative estimate of drug-likeness (QED) is 0.574. The Morgan fingerprint density at radius 2 is 1.25 bits per heavy atom. The maximum Gasteiger partial charge on any atom is 0.215 e. The Bertz CT molecular complexity index is 163. The van der Waals surface area contributed by atoms with Gasteiger partial charge in [-0.05, 0) is 32.6 Å². The largest absolute Gasteiger partial charge is 0.312 e. The van der Waals surface area contributed by atoms with Crippen LogP contribution in [0.25, 0.3) is 0 Å². The van der Waals surface area contributed by atoms with Crippen molar-refractivity contribution in [3.63, 3.8) is 0 Å². The molecule has 0 aliphatic heterocycles. The van der Waals surface area contributed by atoms with E-state index in [0.717, 1.165) is 0 Å². The molecule has 0 unspecified atom stereocenters. The molecule has 16 heavy (non-hydrogen) atoms. The molecule has 0 aromatic carbocycles. The first kappa shape index (κ1) is 15.9. The van der Waals surface area contributed by atoms with Crippen LogP contribution in [0.15, 0.2) is 11.8 Å². The summed E-state index contributed by atoms with van der Waals surface area (Å²) in [5, 5.41) is 0. The summed E-state index contributed by atoms with van der Waals surface area (Å²) in [6.07, 6.45) is 4.88. The van der Waals surface area contributed by atoms with E-state index in [1.165, 1.54) is 39.0 Å². The summed E-state index contributed by atoms with van der Waals surface area (Å²) >= 11 is 0. The van der Waals surface area contributed by atoms with Crippen LogP contribution in [0.2, 0.25) is 0 Å². The maximum absolute atomic E-state index is 2.65. The molecule has 0 spiro atoms. The predicted molar refractivity (Wildman–Crippen MR) is 77.0 cm³/mol. The molecule has 2 nitrogen and oxygen atoms in total. The molecule has 0 aromatic rings. The van der Waals surface area contributed by atoms with Crippen molar-refractivity contribution < 1.29 is 0 Å². The Hall–Kier alpha value is -0.123. The third-order valence-corrected chi connectivity index (χ3v) is 6.71. The Balaban J connectivity index is 4.58. The highest BCUT2D eigenvalue weighted by Gasteiger charge is 2.20. The lowest BCUT2D eigenvalue weighted by Gasteiger charge is -2.34. The van der Waals surface area contributed by atoms with Crippen molar-refractivity contribution >= 4 is 9.12 Å².